The average molecular weight is 1020 g/mol. The lowest BCUT2D eigenvalue weighted by Crippen LogP contribution is -2.45. The Labute approximate surface area is 464 Å². The Bertz CT molecular complexity index is 3040. The van der Waals surface area contributed by atoms with E-state index in [1.165, 1.54) is 121 Å². The maximum absolute atomic E-state index is 4.70. The Hall–Kier alpha value is -4.41. The van der Waals surface area contributed by atoms with Crippen molar-refractivity contribution in [2.75, 3.05) is 16.3 Å². The molecule has 5 aromatic carbocycles. The highest BCUT2D eigenvalue weighted by Crippen LogP contribution is 2.53. The first-order valence-electron chi connectivity index (χ1n) is 28.7. The Morgan fingerprint density at radius 3 is 1.63 bits per heavy atom. The Balaban J connectivity index is 1.48. The van der Waals surface area contributed by atoms with Crippen molar-refractivity contribution in [2.45, 2.75) is 222 Å². The number of anilines is 5. The molecule has 4 heteroatoms. The van der Waals surface area contributed by atoms with E-state index < -0.39 is 0 Å². The van der Waals surface area contributed by atoms with Crippen LogP contribution in [0.25, 0.3) is 11.1 Å². The molecule has 0 amide bonds. The summed E-state index contributed by atoms with van der Waals surface area (Å²) in [6, 6.07) is 32.8. The SMILES string of the molecule is C=C(S)/C=C\C(C)(CCN(c1ccc(C(C)(C)C)cc1-c1cc(C(C)(C)C)cc(C(C)(C)C)c1)c1cc(C)cc2c1Bc1cc3c(cc1N2c1ccc2c(c1)C(C)(C)CCC2(C)C)C(C)(C)CCC3(C)C)C(C)(C)C. The van der Waals surface area contributed by atoms with Gasteiger partial charge in [-0.2, -0.15) is 0 Å². The first-order chi connectivity index (χ1) is 34.2. The van der Waals surface area contributed by atoms with Crippen LogP contribution in [-0.2, 0) is 37.9 Å². The van der Waals surface area contributed by atoms with Gasteiger partial charge in [0.1, 0.15) is 0 Å². The lowest BCUT2D eigenvalue weighted by Gasteiger charge is -2.46. The third-order valence-electron chi connectivity index (χ3n) is 19.0. The molecule has 5 aromatic rings. The zero-order chi connectivity index (χ0) is 55.6. The molecule has 1 heterocycles. The summed E-state index contributed by atoms with van der Waals surface area (Å²) >= 11 is 4.70. The summed E-state index contributed by atoms with van der Waals surface area (Å²) in [6.45, 7) is 58.0. The molecule has 1 unspecified atom stereocenters. The lowest BCUT2D eigenvalue weighted by molar-refractivity contribution is 0.158. The highest BCUT2D eigenvalue weighted by molar-refractivity contribution is 7.84. The van der Waals surface area contributed by atoms with Gasteiger partial charge in [-0.15, -0.1) is 12.6 Å². The molecule has 400 valence electrons. The molecule has 1 atom stereocenters. The van der Waals surface area contributed by atoms with Crippen LogP contribution in [0.15, 0.2) is 102 Å². The van der Waals surface area contributed by atoms with Crippen molar-refractivity contribution in [3.8, 4) is 11.1 Å². The summed E-state index contributed by atoms with van der Waals surface area (Å²) in [5.41, 5.74) is 23.2. The molecule has 0 radical (unpaired) electrons. The number of fused-ring (bicyclic) bond motifs is 4. The van der Waals surface area contributed by atoms with Gasteiger partial charge in [0.25, 0.3) is 0 Å². The predicted octanol–water partition coefficient (Wildman–Crippen LogP) is 19.0. The Morgan fingerprint density at radius 1 is 0.587 bits per heavy atom. The van der Waals surface area contributed by atoms with Gasteiger partial charge in [-0.3, -0.25) is 0 Å². The van der Waals surface area contributed by atoms with Gasteiger partial charge in [-0.1, -0.05) is 206 Å². The Morgan fingerprint density at radius 2 is 1.11 bits per heavy atom. The molecule has 8 rings (SSSR count). The van der Waals surface area contributed by atoms with Crippen LogP contribution < -0.4 is 20.7 Å². The number of benzene rings is 5. The molecule has 0 aromatic heterocycles. The van der Waals surface area contributed by atoms with E-state index in [1.807, 2.05) is 0 Å². The Kier molecular flexibility index (Phi) is 14.3. The van der Waals surface area contributed by atoms with Crippen molar-refractivity contribution >= 4 is 59.3 Å². The molecule has 2 aliphatic carbocycles. The van der Waals surface area contributed by atoms with Crippen LogP contribution in [0.4, 0.5) is 28.4 Å². The number of allylic oxidation sites excluding steroid dienone is 2. The van der Waals surface area contributed by atoms with Crippen LogP contribution in [0.1, 0.15) is 222 Å². The van der Waals surface area contributed by atoms with Crippen molar-refractivity contribution in [1.29, 1.82) is 0 Å². The van der Waals surface area contributed by atoms with Gasteiger partial charge >= 0.3 is 0 Å². The second kappa shape index (κ2) is 18.9. The number of hydrogen-bond acceptors (Lipinski definition) is 3. The van der Waals surface area contributed by atoms with Gasteiger partial charge < -0.3 is 9.80 Å². The number of aryl methyl sites for hydroxylation is 1. The fourth-order valence-corrected chi connectivity index (χ4v) is 12.6. The second-order valence-electron chi connectivity index (χ2n) is 30.8. The normalized spacial score (nSPS) is 18.6. The van der Waals surface area contributed by atoms with Crippen LogP contribution in [0, 0.1) is 17.8 Å². The van der Waals surface area contributed by atoms with Gasteiger partial charge in [0.15, 0.2) is 0 Å². The highest BCUT2D eigenvalue weighted by Gasteiger charge is 2.43. The monoisotopic (exact) mass is 1020 g/mol. The zero-order valence-electron chi connectivity index (χ0n) is 51.2. The fourth-order valence-electron chi connectivity index (χ4n) is 12.5. The number of nitrogens with zero attached hydrogens (tertiary/aromatic N) is 2. The third-order valence-corrected chi connectivity index (χ3v) is 19.1. The lowest BCUT2D eigenvalue weighted by atomic mass is 9.55. The van der Waals surface area contributed by atoms with Crippen LogP contribution in [0.2, 0.25) is 0 Å². The summed E-state index contributed by atoms with van der Waals surface area (Å²) in [5.74, 6) is 0. The van der Waals surface area contributed by atoms with E-state index in [0.717, 1.165) is 25.2 Å². The molecule has 0 bridgehead atoms. The zero-order valence-corrected chi connectivity index (χ0v) is 52.1. The van der Waals surface area contributed by atoms with Gasteiger partial charge in [-0.05, 0) is 191 Å². The molecular weight excluding hydrogens is 924 g/mol. The van der Waals surface area contributed by atoms with E-state index in [2.05, 4.69) is 260 Å². The number of rotatable bonds is 9. The van der Waals surface area contributed by atoms with Crippen molar-refractivity contribution < 1.29 is 0 Å². The quantitative estimate of drug-likeness (QED) is 0.0876. The topological polar surface area (TPSA) is 6.48 Å². The maximum atomic E-state index is 4.70. The summed E-state index contributed by atoms with van der Waals surface area (Å²) < 4.78 is 0. The van der Waals surface area contributed by atoms with Crippen molar-refractivity contribution in [3.63, 3.8) is 0 Å². The maximum Gasteiger partial charge on any atom is 0.200 e. The largest absolute Gasteiger partial charge is 0.341 e. The average Bonchev–Trinajstić information content (AvgIpc) is 3.29. The minimum atomic E-state index is -0.183. The molecule has 0 fully saturated rings. The molecule has 0 saturated carbocycles. The van der Waals surface area contributed by atoms with Gasteiger partial charge in [0.05, 0.1) is 0 Å². The third kappa shape index (κ3) is 10.9. The van der Waals surface area contributed by atoms with Crippen LogP contribution >= 0.6 is 12.6 Å². The highest BCUT2D eigenvalue weighted by atomic mass is 32.1. The predicted molar refractivity (Wildman–Crippen MR) is 337 cm³/mol. The van der Waals surface area contributed by atoms with Gasteiger partial charge in [0, 0.05) is 40.5 Å². The van der Waals surface area contributed by atoms with E-state index in [0.29, 0.717) is 0 Å². The van der Waals surface area contributed by atoms with Crippen molar-refractivity contribution in [3.05, 3.63) is 147 Å². The summed E-state index contributed by atoms with van der Waals surface area (Å²) in [7, 11) is 0.847. The standard InChI is InChI=1S/C71H97BN2S/c1-45-36-60(62-61(37-45)74(51-25-26-53-54(42-51)68(17,18)31-30-67(53,15)16)59-44-56-55(43-57(59)72-62)69(19,20)32-33-70(56,21)22)73(35-34-71(23,66(12,13)14)29-28-46(2)75)58-27-24-48(63(3,4)5)41-52(58)47-38-49(64(6,7)8)40-50(39-47)65(9,10)11/h24-29,36-44,72,75H,2,30-35H2,1,3-23H3/b29-28-. The van der Waals surface area contributed by atoms with E-state index in [4.69, 9.17) is 12.6 Å². The van der Waals surface area contributed by atoms with Crippen molar-refractivity contribution in [1.82, 2.24) is 0 Å². The minimum absolute atomic E-state index is 0.0353. The van der Waals surface area contributed by atoms with Gasteiger partial charge in [-0.25, -0.2) is 0 Å². The molecular formula is C71H97BN2S. The number of hydrogen-bond donors (Lipinski definition) is 1. The van der Waals surface area contributed by atoms with E-state index in [9.17, 15) is 0 Å². The molecule has 2 nitrogen and oxygen atoms in total. The molecule has 75 heavy (non-hydrogen) atoms. The molecule has 0 N–H and O–H groups in total. The van der Waals surface area contributed by atoms with Crippen LogP contribution in [-0.4, -0.2) is 13.8 Å². The molecule has 1 aliphatic heterocycles. The van der Waals surface area contributed by atoms with E-state index >= 15 is 0 Å². The fraction of sp³-hybridized carbons (Fsp3) is 0.521. The number of thiol groups is 1. The van der Waals surface area contributed by atoms with Crippen LogP contribution in [0.3, 0.4) is 0 Å². The summed E-state index contributed by atoms with van der Waals surface area (Å²) in [5, 5.41) is 0. The van der Waals surface area contributed by atoms with Crippen LogP contribution in [0.5, 0.6) is 0 Å². The second-order valence-corrected chi connectivity index (χ2v) is 31.3. The summed E-state index contributed by atoms with van der Waals surface area (Å²) in [6.07, 6.45) is 10.2. The molecule has 3 aliphatic rings. The van der Waals surface area contributed by atoms with Gasteiger partial charge in [0.2, 0.25) is 7.28 Å². The first-order valence-corrected chi connectivity index (χ1v) is 29.1. The summed E-state index contributed by atoms with van der Waals surface area (Å²) in [4.78, 5) is 6.24. The molecule has 0 saturated heterocycles. The van der Waals surface area contributed by atoms with E-state index in [-0.39, 0.29) is 48.7 Å². The van der Waals surface area contributed by atoms with E-state index in [1.54, 1.807) is 0 Å². The minimum Gasteiger partial charge on any atom is -0.341 e. The molecule has 0 spiro atoms. The van der Waals surface area contributed by atoms with Crippen molar-refractivity contribution in [2.24, 2.45) is 10.8 Å². The smallest absolute Gasteiger partial charge is 0.200 e. The first kappa shape index (κ1) is 56.8.